The molecule has 2 N–H and O–H groups in total. The Balaban J connectivity index is 2.54. The van der Waals surface area contributed by atoms with Crippen LogP contribution in [0.1, 0.15) is 13.8 Å². The maximum Gasteiger partial charge on any atom is 0.271 e. The summed E-state index contributed by atoms with van der Waals surface area (Å²) in [5, 5.41) is 2.08. The molecule has 7 nitrogen and oxygen atoms in total. The fraction of sp³-hybridized carbons (Fsp3) is 0.400. The molecule has 1 aliphatic heterocycles. The monoisotopic (exact) mass is 270 g/mol. The molecule has 0 saturated carbocycles. The van der Waals surface area contributed by atoms with Crippen LogP contribution in [0.5, 0.6) is 0 Å². The first-order chi connectivity index (χ1) is 8.34. The molecule has 1 saturated heterocycles. The second-order valence-electron chi connectivity index (χ2n) is 4.39. The lowest BCUT2D eigenvalue weighted by molar-refractivity contribution is -0.135. The summed E-state index contributed by atoms with van der Waals surface area (Å²) in [6.07, 6.45) is 1.18. The standard InChI is InChI=1S/C10H11ClN4O3/c1-10(2)9(18)14-5(16)3-15(10)7-6(11)8(17)13-4-12-7/h4H,3H2,1-2H3,(H,12,13,17)(H,14,16,18). The van der Waals surface area contributed by atoms with E-state index in [0.717, 1.165) is 0 Å². The number of amides is 2. The van der Waals surface area contributed by atoms with Crippen LogP contribution in [0.2, 0.25) is 5.02 Å². The number of anilines is 1. The van der Waals surface area contributed by atoms with Crippen molar-refractivity contribution < 1.29 is 9.59 Å². The number of rotatable bonds is 1. The average molecular weight is 271 g/mol. The average Bonchev–Trinajstić information content (AvgIpc) is 2.28. The smallest absolute Gasteiger partial charge is 0.271 e. The number of nitrogens with one attached hydrogen (secondary N) is 2. The Kier molecular flexibility index (Phi) is 2.86. The number of imide groups is 1. The van der Waals surface area contributed by atoms with Crippen LogP contribution in [0.15, 0.2) is 11.1 Å². The molecule has 18 heavy (non-hydrogen) atoms. The number of hydrogen-bond donors (Lipinski definition) is 2. The highest BCUT2D eigenvalue weighted by atomic mass is 35.5. The molecule has 1 aliphatic rings. The van der Waals surface area contributed by atoms with Gasteiger partial charge in [-0.15, -0.1) is 0 Å². The summed E-state index contributed by atoms with van der Waals surface area (Å²) in [6, 6.07) is 0. The van der Waals surface area contributed by atoms with Crippen molar-refractivity contribution in [3.05, 3.63) is 21.7 Å². The van der Waals surface area contributed by atoms with Crippen molar-refractivity contribution in [2.24, 2.45) is 0 Å². The van der Waals surface area contributed by atoms with E-state index in [1.54, 1.807) is 13.8 Å². The first-order valence-corrected chi connectivity index (χ1v) is 5.57. The molecule has 0 radical (unpaired) electrons. The van der Waals surface area contributed by atoms with Crippen LogP contribution in [0, 0.1) is 0 Å². The van der Waals surface area contributed by atoms with Crippen LogP contribution >= 0.6 is 11.6 Å². The van der Waals surface area contributed by atoms with E-state index in [-0.39, 0.29) is 17.4 Å². The zero-order chi connectivity index (χ0) is 13.5. The van der Waals surface area contributed by atoms with E-state index in [9.17, 15) is 14.4 Å². The lowest BCUT2D eigenvalue weighted by Crippen LogP contribution is -2.64. The van der Waals surface area contributed by atoms with Crippen molar-refractivity contribution in [2.45, 2.75) is 19.4 Å². The fourth-order valence-electron chi connectivity index (χ4n) is 1.68. The molecule has 0 unspecified atom stereocenters. The van der Waals surface area contributed by atoms with Crippen molar-refractivity contribution in [3.8, 4) is 0 Å². The molecule has 0 spiro atoms. The lowest BCUT2D eigenvalue weighted by atomic mass is 9.99. The first-order valence-electron chi connectivity index (χ1n) is 5.19. The lowest BCUT2D eigenvalue weighted by Gasteiger charge is -2.40. The number of piperazine rings is 1. The molecule has 0 atom stereocenters. The molecule has 8 heteroatoms. The SMILES string of the molecule is CC1(C)C(=O)NC(=O)CN1c1nc[nH]c(=O)c1Cl. The summed E-state index contributed by atoms with van der Waals surface area (Å²) in [6.45, 7) is 3.15. The van der Waals surface area contributed by atoms with Crippen LogP contribution in [0.3, 0.4) is 0 Å². The number of H-pyrrole nitrogens is 1. The van der Waals surface area contributed by atoms with Crippen molar-refractivity contribution in [1.82, 2.24) is 15.3 Å². The van der Waals surface area contributed by atoms with Crippen molar-refractivity contribution in [3.63, 3.8) is 0 Å². The number of aromatic amines is 1. The summed E-state index contributed by atoms with van der Waals surface area (Å²) < 4.78 is 0. The van der Waals surface area contributed by atoms with Gasteiger partial charge in [-0.25, -0.2) is 4.98 Å². The Morgan fingerprint density at radius 1 is 1.39 bits per heavy atom. The van der Waals surface area contributed by atoms with E-state index in [0.29, 0.717) is 0 Å². The van der Waals surface area contributed by atoms with E-state index in [1.165, 1.54) is 11.2 Å². The van der Waals surface area contributed by atoms with Gasteiger partial charge in [-0.05, 0) is 13.8 Å². The molecule has 2 rings (SSSR count). The molecule has 0 bridgehead atoms. The number of carbonyl (C=O) groups excluding carboxylic acids is 2. The van der Waals surface area contributed by atoms with E-state index in [1.807, 2.05) is 0 Å². The second-order valence-corrected chi connectivity index (χ2v) is 4.77. The van der Waals surface area contributed by atoms with Crippen LogP contribution < -0.4 is 15.8 Å². The minimum atomic E-state index is -1.02. The van der Waals surface area contributed by atoms with Crippen LogP contribution in [-0.4, -0.2) is 33.9 Å². The summed E-state index contributed by atoms with van der Waals surface area (Å²) >= 11 is 5.86. The quantitative estimate of drug-likeness (QED) is 0.681. The fourth-order valence-corrected chi connectivity index (χ4v) is 1.89. The van der Waals surface area contributed by atoms with E-state index in [4.69, 9.17) is 11.6 Å². The summed E-state index contributed by atoms with van der Waals surface area (Å²) in [4.78, 5) is 42.3. The molecule has 0 aliphatic carbocycles. The Labute approximate surface area is 107 Å². The first kappa shape index (κ1) is 12.6. The molecule has 2 amide bonds. The minimum absolute atomic E-state index is 0.0884. The van der Waals surface area contributed by atoms with Gasteiger partial charge < -0.3 is 9.88 Å². The Hall–Kier alpha value is -1.89. The highest BCUT2D eigenvalue weighted by Gasteiger charge is 2.42. The van der Waals surface area contributed by atoms with Gasteiger partial charge in [0.2, 0.25) is 5.91 Å². The predicted octanol–water partition coefficient (Wildman–Crippen LogP) is -0.335. The largest absolute Gasteiger partial charge is 0.332 e. The van der Waals surface area contributed by atoms with Gasteiger partial charge in [0.15, 0.2) is 5.82 Å². The Morgan fingerprint density at radius 2 is 2.06 bits per heavy atom. The van der Waals surface area contributed by atoms with Crippen LogP contribution in [0.25, 0.3) is 0 Å². The van der Waals surface area contributed by atoms with Crippen molar-refractivity contribution in [2.75, 3.05) is 11.4 Å². The van der Waals surface area contributed by atoms with Gasteiger partial charge in [-0.1, -0.05) is 11.6 Å². The molecular formula is C10H11ClN4O3. The number of carbonyl (C=O) groups is 2. The summed E-state index contributed by atoms with van der Waals surface area (Å²) in [5.41, 5.74) is -1.53. The van der Waals surface area contributed by atoms with E-state index < -0.39 is 22.9 Å². The molecule has 96 valence electrons. The molecule has 1 aromatic rings. The number of nitrogens with zero attached hydrogens (tertiary/aromatic N) is 2. The van der Waals surface area contributed by atoms with Crippen molar-refractivity contribution >= 4 is 29.2 Å². The molecule has 1 fully saturated rings. The van der Waals surface area contributed by atoms with Gasteiger partial charge in [0, 0.05) is 0 Å². The summed E-state index contributed by atoms with van der Waals surface area (Å²) in [5.74, 6) is -0.803. The van der Waals surface area contributed by atoms with Crippen LogP contribution in [0.4, 0.5) is 5.82 Å². The van der Waals surface area contributed by atoms with Gasteiger partial charge in [0.25, 0.3) is 11.5 Å². The third kappa shape index (κ3) is 1.86. The molecule has 0 aromatic carbocycles. The number of aromatic nitrogens is 2. The maximum atomic E-state index is 11.8. The Bertz CT molecular complexity index is 581. The summed E-state index contributed by atoms with van der Waals surface area (Å²) in [7, 11) is 0. The Morgan fingerprint density at radius 3 is 2.72 bits per heavy atom. The van der Waals surface area contributed by atoms with Gasteiger partial charge in [0.1, 0.15) is 10.6 Å². The van der Waals surface area contributed by atoms with Gasteiger partial charge in [0.05, 0.1) is 12.9 Å². The van der Waals surface area contributed by atoms with Gasteiger partial charge in [-0.2, -0.15) is 0 Å². The molecule has 2 heterocycles. The predicted molar refractivity (Wildman–Crippen MR) is 64.4 cm³/mol. The second kappa shape index (κ2) is 4.09. The third-order valence-corrected chi connectivity index (χ3v) is 3.16. The normalized spacial score (nSPS) is 18.7. The number of hydrogen-bond acceptors (Lipinski definition) is 5. The van der Waals surface area contributed by atoms with Gasteiger partial charge >= 0.3 is 0 Å². The molecule has 1 aromatic heterocycles. The van der Waals surface area contributed by atoms with E-state index in [2.05, 4.69) is 15.3 Å². The highest BCUT2D eigenvalue weighted by molar-refractivity contribution is 6.33. The number of halogens is 1. The highest BCUT2D eigenvalue weighted by Crippen LogP contribution is 2.28. The van der Waals surface area contributed by atoms with Crippen LogP contribution in [-0.2, 0) is 9.59 Å². The van der Waals surface area contributed by atoms with Crippen molar-refractivity contribution in [1.29, 1.82) is 0 Å². The van der Waals surface area contributed by atoms with E-state index >= 15 is 0 Å². The minimum Gasteiger partial charge on any atom is -0.332 e. The topological polar surface area (TPSA) is 95.2 Å². The van der Waals surface area contributed by atoms with Gasteiger partial charge in [-0.3, -0.25) is 19.7 Å². The zero-order valence-corrected chi connectivity index (χ0v) is 10.5. The third-order valence-electron chi connectivity index (χ3n) is 2.82. The zero-order valence-electron chi connectivity index (χ0n) is 9.78. The maximum absolute atomic E-state index is 11.8. The molecular weight excluding hydrogens is 260 g/mol.